The summed E-state index contributed by atoms with van der Waals surface area (Å²) >= 11 is 0. The van der Waals surface area contributed by atoms with E-state index in [1.165, 1.54) is 12.3 Å². The number of halogens is 3. The molecule has 0 saturated carbocycles. The van der Waals surface area contributed by atoms with Crippen molar-refractivity contribution in [2.75, 3.05) is 6.61 Å². The lowest BCUT2D eigenvalue weighted by Crippen LogP contribution is -2.16. The highest BCUT2D eigenvalue weighted by atomic mass is 19.4. The number of hydrogen-bond acceptors (Lipinski definition) is 4. The fourth-order valence-electron chi connectivity index (χ4n) is 0.806. The van der Waals surface area contributed by atoms with Gasteiger partial charge >= 0.3 is 12.2 Å². The van der Waals surface area contributed by atoms with Gasteiger partial charge in [-0.3, -0.25) is 4.79 Å². The fourth-order valence-corrected chi connectivity index (χ4v) is 0.806. The van der Waals surface area contributed by atoms with Gasteiger partial charge < -0.3 is 10.5 Å². The van der Waals surface area contributed by atoms with E-state index >= 15 is 0 Å². The Balaban J connectivity index is 2.55. The van der Waals surface area contributed by atoms with Crippen LogP contribution in [0.4, 0.5) is 13.2 Å². The third-order valence-electron chi connectivity index (χ3n) is 1.50. The van der Waals surface area contributed by atoms with Crippen molar-refractivity contribution in [1.82, 2.24) is 9.97 Å². The van der Waals surface area contributed by atoms with Gasteiger partial charge in [0.1, 0.15) is 12.3 Å². The van der Waals surface area contributed by atoms with Crippen LogP contribution in [0.25, 0.3) is 0 Å². The Morgan fingerprint density at radius 1 is 1.50 bits per heavy atom. The molecule has 0 bridgehead atoms. The van der Waals surface area contributed by atoms with Gasteiger partial charge in [-0.25, -0.2) is 4.98 Å². The van der Waals surface area contributed by atoms with Crippen LogP contribution in [0.15, 0.2) is 12.3 Å². The largest absolute Gasteiger partial charge is 0.463 e. The van der Waals surface area contributed by atoms with Crippen LogP contribution in [0.1, 0.15) is 16.9 Å². The Hall–Kier alpha value is -1.86. The molecule has 0 radical (unpaired) electrons. The first-order valence-corrected chi connectivity index (χ1v) is 4.21. The second kappa shape index (κ2) is 4.77. The Morgan fingerprint density at radius 3 is 2.75 bits per heavy atom. The molecular formula is C8H8F3N3O2. The summed E-state index contributed by atoms with van der Waals surface area (Å²) in [4.78, 5) is 17.7. The molecule has 2 N–H and O–H groups in total. The molecule has 0 fully saturated rings. The minimum Gasteiger partial charge on any atom is -0.463 e. The first kappa shape index (κ1) is 12.2. The fraction of sp³-hybridized carbons (Fsp3) is 0.375. The van der Waals surface area contributed by atoms with Crippen molar-refractivity contribution in [3.63, 3.8) is 0 Å². The maximum atomic E-state index is 11.8. The molecule has 0 unspecified atom stereocenters. The highest BCUT2D eigenvalue weighted by Gasteiger charge is 2.27. The summed E-state index contributed by atoms with van der Waals surface area (Å²) in [6.45, 7) is -0.605. The molecule has 1 aromatic heterocycles. The van der Waals surface area contributed by atoms with Crippen LogP contribution in [0.5, 0.6) is 6.01 Å². The van der Waals surface area contributed by atoms with E-state index in [1.54, 1.807) is 0 Å². The van der Waals surface area contributed by atoms with Gasteiger partial charge in [0.05, 0.1) is 6.42 Å². The number of alkyl halides is 3. The van der Waals surface area contributed by atoms with E-state index in [-0.39, 0.29) is 11.7 Å². The lowest BCUT2D eigenvalue weighted by atomic mass is 10.4. The van der Waals surface area contributed by atoms with Crippen molar-refractivity contribution in [3.8, 4) is 6.01 Å². The maximum absolute atomic E-state index is 11.8. The van der Waals surface area contributed by atoms with E-state index in [4.69, 9.17) is 5.73 Å². The molecule has 1 aromatic rings. The summed E-state index contributed by atoms with van der Waals surface area (Å²) in [6, 6.07) is 0.930. The van der Waals surface area contributed by atoms with Crippen molar-refractivity contribution in [2.24, 2.45) is 5.73 Å². The summed E-state index contributed by atoms with van der Waals surface area (Å²) in [5, 5.41) is 0. The molecule has 88 valence electrons. The van der Waals surface area contributed by atoms with E-state index in [2.05, 4.69) is 14.7 Å². The predicted molar refractivity (Wildman–Crippen MR) is 46.7 cm³/mol. The number of primary amides is 1. The summed E-state index contributed by atoms with van der Waals surface area (Å²) in [6.07, 6.45) is -4.24. The van der Waals surface area contributed by atoms with E-state index < -0.39 is 25.1 Å². The van der Waals surface area contributed by atoms with Gasteiger partial charge in [-0.1, -0.05) is 0 Å². The van der Waals surface area contributed by atoms with Crippen molar-refractivity contribution >= 4 is 5.91 Å². The zero-order valence-electron chi connectivity index (χ0n) is 7.99. The van der Waals surface area contributed by atoms with Gasteiger partial charge in [-0.15, -0.1) is 0 Å². The molecule has 0 aliphatic rings. The average molecular weight is 235 g/mol. The Morgan fingerprint density at radius 2 is 2.19 bits per heavy atom. The van der Waals surface area contributed by atoms with Crippen LogP contribution in [0.3, 0.4) is 0 Å². The summed E-state index contributed by atoms with van der Waals surface area (Å²) < 4.78 is 39.9. The topological polar surface area (TPSA) is 78.1 Å². The molecule has 0 saturated heterocycles. The second-order valence-corrected chi connectivity index (χ2v) is 2.80. The lowest BCUT2D eigenvalue weighted by Gasteiger charge is -2.07. The zero-order valence-corrected chi connectivity index (χ0v) is 7.99. The number of aromatic nitrogens is 2. The average Bonchev–Trinajstić information content (AvgIpc) is 2.16. The van der Waals surface area contributed by atoms with Gasteiger partial charge in [0.2, 0.25) is 0 Å². The number of carbonyl (C=O) groups excluding carboxylic acids is 1. The molecule has 0 aliphatic heterocycles. The van der Waals surface area contributed by atoms with Crippen LogP contribution >= 0.6 is 0 Å². The molecule has 1 rings (SSSR count). The van der Waals surface area contributed by atoms with Crippen LogP contribution in [-0.4, -0.2) is 28.7 Å². The monoisotopic (exact) mass is 235 g/mol. The van der Waals surface area contributed by atoms with Crippen molar-refractivity contribution in [3.05, 3.63) is 18.0 Å². The summed E-state index contributed by atoms with van der Waals surface area (Å²) in [5.74, 6) is -0.803. The molecule has 0 aromatic carbocycles. The number of hydrogen-bond donors (Lipinski definition) is 1. The quantitative estimate of drug-likeness (QED) is 0.841. The first-order chi connectivity index (χ1) is 7.38. The molecule has 1 heterocycles. The lowest BCUT2D eigenvalue weighted by molar-refractivity contribution is -0.139. The van der Waals surface area contributed by atoms with E-state index in [0.29, 0.717) is 0 Å². The number of nitrogens with two attached hydrogens (primary N) is 1. The van der Waals surface area contributed by atoms with Crippen molar-refractivity contribution in [1.29, 1.82) is 0 Å². The highest BCUT2D eigenvalue weighted by Crippen LogP contribution is 2.19. The summed E-state index contributed by atoms with van der Waals surface area (Å²) in [5.41, 5.74) is 4.80. The van der Waals surface area contributed by atoms with Gasteiger partial charge in [0.15, 0.2) is 0 Å². The van der Waals surface area contributed by atoms with Crippen LogP contribution < -0.4 is 10.5 Å². The number of nitrogens with zero attached hydrogens (tertiary/aromatic N) is 2. The molecule has 0 aliphatic carbocycles. The first-order valence-electron chi connectivity index (χ1n) is 4.21. The molecule has 16 heavy (non-hydrogen) atoms. The van der Waals surface area contributed by atoms with Crippen LogP contribution in [0, 0.1) is 0 Å². The predicted octanol–water partition coefficient (Wildman–Crippen LogP) is 0.907. The Bertz CT molecular complexity index is 381. The smallest absolute Gasteiger partial charge is 0.392 e. The highest BCUT2D eigenvalue weighted by molar-refractivity contribution is 5.90. The number of rotatable bonds is 4. The third kappa shape index (κ3) is 4.11. The van der Waals surface area contributed by atoms with Gasteiger partial charge in [-0.2, -0.15) is 18.2 Å². The maximum Gasteiger partial charge on any atom is 0.392 e. The van der Waals surface area contributed by atoms with E-state index in [9.17, 15) is 18.0 Å². The van der Waals surface area contributed by atoms with E-state index in [0.717, 1.165) is 0 Å². The molecular weight excluding hydrogens is 227 g/mol. The molecule has 1 amide bonds. The number of amides is 1. The minimum atomic E-state index is -4.30. The van der Waals surface area contributed by atoms with Crippen molar-refractivity contribution in [2.45, 2.75) is 12.6 Å². The Labute approximate surface area is 88.4 Å². The molecule has 5 nitrogen and oxygen atoms in total. The zero-order chi connectivity index (χ0) is 12.2. The summed E-state index contributed by atoms with van der Waals surface area (Å²) in [7, 11) is 0. The van der Waals surface area contributed by atoms with Crippen LogP contribution in [-0.2, 0) is 0 Å². The molecule has 0 atom stereocenters. The normalized spacial score (nSPS) is 11.2. The molecule has 8 heteroatoms. The van der Waals surface area contributed by atoms with Gasteiger partial charge in [0, 0.05) is 6.20 Å². The van der Waals surface area contributed by atoms with Crippen LogP contribution in [0.2, 0.25) is 0 Å². The SMILES string of the molecule is NC(=O)c1ccnc(OCCC(F)(F)F)n1. The Kier molecular flexibility index (Phi) is 3.64. The standard InChI is InChI=1S/C8H8F3N3O2/c9-8(10,11)2-4-16-7-13-3-1-5(14-7)6(12)15/h1,3H,2,4H2,(H2,12,15). The third-order valence-corrected chi connectivity index (χ3v) is 1.50. The van der Waals surface area contributed by atoms with Crippen molar-refractivity contribution < 1.29 is 22.7 Å². The second-order valence-electron chi connectivity index (χ2n) is 2.80. The van der Waals surface area contributed by atoms with E-state index in [1.807, 2.05) is 0 Å². The number of ether oxygens (including phenoxy) is 1. The number of carbonyl (C=O) groups is 1. The minimum absolute atomic E-state index is 0.114. The molecule has 0 spiro atoms. The van der Waals surface area contributed by atoms with Gasteiger partial charge in [0.25, 0.3) is 5.91 Å². The van der Waals surface area contributed by atoms with Gasteiger partial charge in [-0.05, 0) is 6.07 Å².